The Hall–Kier alpha value is -3.41. The fourth-order valence-electron chi connectivity index (χ4n) is 2.79. The molecule has 0 aliphatic rings. The number of benzene rings is 2. The van der Waals surface area contributed by atoms with Gasteiger partial charge in [-0.2, -0.15) is 0 Å². The van der Waals surface area contributed by atoms with E-state index < -0.39 is 11.2 Å². The fourth-order valence-corrected chi connectivity index (χ4v) is 2.79. The van der Waals surface area contributed by atoms with Crippen molar-refractivity contribution in [1.82, 2.24) is 14.9 Å². The lowest BCUT2D eigenvalue weighted by Crippen LogP contribution is -2.37. The van der Waals surface area contributed by atoms with Gasteiger partial charge in [-0.3, -0.25) is 19.1 Å². The average molecular weight is 349 g/mol. The van der Waals surface area contributed by atoms with Gasteiger partial charge in [0.05, 0.1) is 0 Å². The van der Waals surface area contributed by atoms with E-state index in [-0.39, 0.29) is 18.4 Å². The number of hydrogen-bond donors (Lipinski definition) is 2. The zero-order valence-corrected chi connectivity index (χ0v) is 14.1. The standard InChI is InChI=1S/C20H19N3O3/c24-18-11-12-23(20(26)22-18)14-19(25)21-13-17(15-7-3-1-4-8-15)16-9-5-2-6-10-16/h1-12,17H,13-14H2,(H,21,25)(H,22,24,26). The normalized spacial score (nSPS) is 10.7. The molecule has 0 unspecified atom stereocenters. The molecule has 1 aromatic heterocycles. The minimum absolute atomic E-state index is 0.00801. The number of nitrogens with zero attached hydrogens (tertiary/aromatic N) is 1. The van der Waals surface area contributed by atoms with Crippen molar-refractivity contribution < 1.29 is 4.79 Å². The SMILES string of the molecule is O=C(Cn1ccc(=O)[nH]c1=O)NCC(c1ccccc1)c1ccccc1. The van der Waals surface area contributed by atoms with Gasteiger partial charge in [0.25, 0.3) is 5.56 Å². The molecule has 0 aliphatic heterocycles. The van der Waals surface area contributed by atoms with Gasteiger partial charge in [-0.15, -0.1) is 0 Å². The monoisotopic (exact) mass is 349 g/mol. The number of aromatic amines is 1. The largest absolute Gasteiger partial charge is 0.354 e. The Balaban J connectivity index is 1.72. The maximum Gasteiger partial charge on any atom is 0.328 e. The Morgan fingerprint density at radius 1 is 0.923 bits per heavy atom. The predicted molar refractivity (Wildman–Crippen MR) is 99.1 cm³/mol. The number of aromatic nitrogens is 2. The van der Waals surface area contributed by atoms with Crippen molar-refractivity contribution >= 4 is 5.91 Å². The van der Waals surface area contributed by atoms with Crippen LogP contribution in [-0.2, 0) is 11.3 Å². The number of amides is 1. The molecule has 0 fully saturated rings. The molecule has 0 saturated heterocycles. The Bertz CT molecular complexity index is 939. The Morgan fingerprint density at radius 3 is 2.04 bits per heavy atom. The highest BCUT2D eigenvalue weighted by atomic mass is 16.2. The van der Waals surface area contributed by atoms with Crippen LogP contribution in [-0.4, -0.2) is 22.0 Å². The first-order valence-corrected chi connectivity index (χ1v) is 8.30. The average Bonchev–Trinajstić information content (AvgIpc) is 2.66. The van der Waals surface area contributed by atoms with E-state index in [1.165, 1.54) is 12.3 Å². The summed E-state index contributed by atoms with van der Waals surface area (Å²) in [7, 11) is 0. The third-order valence-electron chi connectivity index (χ3n) is 4.12. The summed E-state index contributed by atoms with van der Waals surface area (Å²) in [6.07, 6.45) is 1.31. The molecule has 0 atom stereocenters. The van der Waals surface area contributed by atoms with E-state index >= 15 is 0 Å². The number of rotatable bonds is 6. The van der Waals surface area contributed by atoms with Crippen LogP contribution in [0, 0.1) is 0 Å². The second-order valence-corrected chi connectivity index (χ2v) is 5.92. The number of H-pyrrole nitrogens is 1. The van der Waals surface area contributed by atoms with E-state index in [0.717, 1.165) is 15.7 Å². The fraction of sp³-hybridized carbons (Fsp3) is 0.150. The highest BCUT2D eigenvalue weighted by Gasteiger charge is 2.15. The summed E-state index contributed by atoms with van der Waals surface area (Å²) in [6.45, 7) is 0.261. The van der Waals surface area contributed by atoms with E-state index in [1.54, 1.807) is 0 Å². The van der Waals surface area contributed by atoms with Gasteiger partial charge < -0.3 is 5.32 Å². The molecule has 132 valence electrons. The first-order chi connectivity index (χ1) is 12.6. The Labute approximate surface area is 150 Å². The summed E-state index contributed by atoms with van der Waals surface area (Å²) in [5.74, 6) is -0.287. The lowest BCUT2D eigenvalue weighted by molar-refractivity contribution is -0.121. The minimum atomic E-state index is -0.602. The second-order valence-electron chi connectivity index (χ2n) is 5.92. The van der Waals surface area contributed by atoms with Crippen LogP contribution in [0.4, 0.5) is 0 Å². The van der Waals surface area contributed by atoms with Gasteiger partial charge in [0, 0.05) is 24.7 Å². The molecule has 0 saturated carbocycles. The van der Waals surface area contributed by atoms with Crippen LogP contribution < -0.4 is 16.6 Å². The topological polar surface area (TPSA) is 84.0 Å². The Morgan fingerprint density at radius 2 is 1.50 bits per heavy atom. The maximum atomic E-state index is 12.3. The zero-order chi connectivity index (χ0) is 18.4. The number of nitrogens with one attached hydrogen (secondary N) is 2. The summed E-state index contributed by atoms with van der Waals surface area (Å²) >= 11 is 0. The molecule has 26 heavy (non-hydrogen) atoms. The predicted octanol–water partition coefficient (Wildman–Crippen LogP) is 1.48. The van der Waals surface area contributed by atoms with Crippen LogP contribution in [0.5, 0.6) is 0 Å². The van der Waals surface area contributed by atoms with Crippen molar-refractivity contribution in [2.45, 2.75) is 12.5 Å². The van der Waals surface area contributed by atoms with E-state index in [2.05, 4.69) is 10.3 Å². The molecule has 2 aromatic carbocycles. The van der Waals surface area contributed by atoms with Crippen LogP contribution >= 0.6 is 0 Å². The Kier molecular flexibility index (Phi) is 5.43. The lowest BCUT2D eigenvalue weighted by Gasteiger charge is -2.19. The lowest BCUT2D eigenvalue weighted by atomic mass is 9.91. The van der Waals surface area contributed by atoms with E-state index in [9.17, 15) is 14.4 Å². The summed E-state index contributed by atoms with van der Waals surface area (Å²) in [4.78, 5) is 37.2. The van der Waals surface area contributed by atoms with E-state index in [1.807, 2.05) is 60.7 Å². The first kappa shape index (κ1) is 17.4. The van der Waals surface area contributed by atoms with Crippen LogP contribution in [0.1, 0.15) is 17.0 Å². The third-order valence-corrected chi connectivity index (χ3v) is 4.12. The van der Waals surface area contributed by atoms with E-state index in [4.69, 9.17) is 0 Å². The highest BCUT2D eigenvalue weighted by molar-refractivity contribution is 5.75. The van der Waals surface area contributed by atoms with Crippen molar-refractivity contribution in [2.75, 3.05) is 6.54 Å². The van der Waals surface area contributed by atoms with Gasteiger partial charge in [0.2, 0.25) is 5.91 Å². The first-order valence-electron chi connectivity index (χ1n) is 8.30. The molecule has 0 bridgehead atoms. The van der Waals surface area contributed by atoms with Gasteiger partial charge in [-0.25, -0.2) is 4.79 Å². The zero-order valence-electron chi connectivity index (χ0n) is 14.1. The molecule has 1 heterocycles. The molecule has 0 spiro atoms. The van der Waals surface area contributed by atoms with Crippen LogP contribution in [0.15, 0.2) is 82.5 Å². The van der Waals surface area contributed by atoms with Gasteiger partial charge >= 0.3 is 5.69 Å². The molecule has 3 rings (SSSR count). The van der Waals surface area contributed by atoms with Crippen molar-refractivity contribution in [1.29, 1.82) is 0 Å². The van der Waals surface area contributed by atoms with Crippen LogP contribution in [0.3, 0.4) is 0 Å². The van der Waals surface area contributed by atoms with Crippen LogP contribution in [0.2, 0.25) is 0 Å². The minimum Gasteiger partial charge on any atom is -0.354 e. The smallest absolute Gasteiger partial charge is 0.328 e. The summed E-state index contributed by atoms with van der Waals surface area (Å²) in [5.41, 5.74) is 1.11. The van der Waals surface area contributed by atoms with Gasteiger partial charge in [0.1, 0.15) is 6.54 Å². The van der Waals surface area contributed by atoms with Crippen molar-refractivity contribution in [3.05, 3.63) is 105 Å². The molecule has 6 heteroatoms. The van der Waals surface area contributed by atoms with Gasteiger partial charge in [-0.05, 0) is 11.1 Å². The molecular weight excluding hydrogens is 330 g/mol. The summed E-state index contributed by atoms with van der Waals surface area (Å²) < 4.78 is 1.16. The van der Waals surface area contributed by atoms with E-state index in [0.29, 0.717) is 6.54 Å². The summed E-state index contributed by atoms with van der Waals surface area (Å²) in [6, 6.07) is 21.1. The highest BCUT2D eigenvalue weighted by Crippen LogP contribution is 2.23. The van der Waals surface area contributed by atoms with Crippen molar-refractivity contribution in [3.8, 4) is 0 Å². The van der Waals surface area contributed by atoms with Gasteiger partial charge in [-0.1, -0.05) is 60.7 Å². The molecular formula is C20H19N3O3. The van der Waals surface area contributed by atoms with Gasteiger partial charge in [0.15, 0.2) is 0 Å². The van der Waals surface area contributed by atoms with Crippen molar-refractivity contribution in [2.24, 2.45) is 0 Å². The second kappa shape index (κ2) is 8.11. The molecule has 0 aliphatic carbocycles. The molecule has 3 aromatic rings. The quantitative estimate of drug-likeness (QED) is 0.707. The van der Waals surface area contributed by atoms with Crippen molar-refractivity contribution in [3.63, 3.8) is 0 Å². The number of carbonyl (C=O) groups excluding carboxylic acids is 1. The number of hydrogen-bond acceptors (Lipinski definition) is 3. The molecule has 6 nitrogen and oxygen atoms in total. The molecule has 0 radical (unpaired) electrons. The number of carbonyl (C=O) groups is 1. The maximum absolute atomic E-state index is 12.3. The molecule has 2 N–H and O–H groups in total. The third kappa shape index (κ3) is 4.36. The molecule has 1 amide bonds. The van der Waals surface area contributed by atoms with Crippen LogP contribution in [0.25, 0.3) is 0 Å². The summed E-state index contributed by atoms with van der Waals surface area (Å²) in [5, 5.41) is 2.88.